The highest BCUT2D eigenvalue weighted by molar-refractivity contribution is 6.11. The number of ketones is 1. The van der Waals surface area contributed by atoms with Crippen molar-refractivity contribution >= 4 is 17.3 Å². The van der Waals surface area contributed by atoms with Gasteiger partial charge in [-0.05, 0) is 54.0 Å². The number of hydrogen-bond acceptors (Lipinski definition) is 3. The molecule has 4 rings (SSSR count). The van der Waals surface area contributed by atoms with Crippen molar-refractivity contribution in [2.24, 2.45) is 11.8 Å². The lowest BCUT2D eigenvalue weighted by molar-refractivity contribution is -0.152. The highest BCUT2D eigenvalue weighted by Crippen LogP contribution is 2.49. The zero-order valence-electron chi connectivity index (χ0n) is 14.9. The van der Waals surface area contributed by atoms with Gasteiger partial charge in [0.1, 0.15) is 5.92 Å². The lowest BCUT2D eigenvalue weighted by atomic mass is 9.62. The lowest BCUT2D eigenvalue weighted by Crippen LogP contribution is -2.39. The predicted molar refractivity (Wildman–Crippen MR) is 101 cm³/mol. The maximum absolute atomic E-state index is 13.0. The van der Waals surface area contributed by atoms with Gasteiger partial charge < -0.3 is 4.74 Å². The van der Waals surface area contributed by atoms with Crippen molar-refractivity contribution in [3.8, 4) is 0 Å². The maximum Gasteiger partial charge on any atom is 0.317 e. The number of aryl methyl sites for hydroxylation is 1. The van der Waals surface area contributed by atoms with Gasteiger partial charge in [0.2, 0.25) is 0 Å². The van der Waals surface area contributed by atoms with Crippen LogP contribution in [-0.4, -0.2) is 18.4 Å². The Labute approximate surface area is 153 Å². The summed E-state index contributed by atoms with van der Waals surface area (Å²) in [5.41, 5.74) is 4.55. The number of esters is 1. The topological polar surface area (TPSA) is 43.4 Å². The first-order chi connectivity index (χ1) is 12.7. The molecule has 0 N–H and O–H groups in total. The van der Waals surface area contributed by atoms with E-state index in [1.807, 2.05) is 42.5 Å². The second kappa shape index (κ2) is 6.91. The fraction of sp³-hybridized carbons (Fsp3) is 0.304. The maximum atomic E-state index is 13.0. The molecule has 132 valence electrons. The van der Waals surface area contributed by atoms with Gasteiger partial charge in [-0.3, -0.25) is 9.59 Å². The van der Waals surface area contributed by atoms with Crippen molar-refractivity contribution in [2.45, 2.75) is 25.7 Å². The summed E-state index contributed by atoms with van der Waals surface area (Å²) in [6.07, 6.45) is 3.60. The Balaban J connectivity index is 1.85. The molecule has 0 saturated carbocycles. The van der Waals surface area contributed by atoms with Gasteiger partial charge in [-0.25, -0.2) is 0 Å². The summed E-state index contributed by atoms with van der Waals surface area (Å²) in [5.74, 6) is -1.31. The van der Waals surface area contributed by atoms with Crippen molar-refractivity contribution in [3.63, 3.8) is 0 Å². The minimum absolute atomic E-state index is 0.139. The number of fused-ring (bicyclic) bond motifs is 3. The van der Waals surface area contributed by atoms with E-state index in [-0.39, 0.29) is 24.2 Å². The van der Waals surface area contributed by atoms with Crippen molar-refractivity contribution in [2.75, 3.05) is 6.61 Å². The van der Waals surface area contributed by atoms with Crippen LogP contribution in [0.5, 0.6) is 0 Å². The third-order valence-corrected chi connectivity index (χ3v) is 5.57. The van der Waals surface area contributed by atoms with Crippen LogP contribution in [0.3, 0.4) is 0 Å². The van der Waals surface area contributed by atoms with E-state index in [1.165, 1.54) is 5.56 Å². The molecule has 0 bridgehead atoms. The zero-order valence-corrected chi connectivity index (χ0v) is 14.9. The van der Waals surface area contributed by atoms with Crippen LogP contribution in [0.4, 0.5) is 0 Å². The Bertz CT molecular complexity index is 866. The molecular weight excluding hydrogens is 324 g/mol. The molecule has 0 aromatic heterocycles. The van der Waals surface area contributed by atoms with Gasteiger partial charge in [-0.1, -0.05) is 54.6 Å². The van der Waals surface area contributed by atoms with Crippen molar-refractivity contribution in [1.29, 1.82) is 0 Å². The highest BCUT2D eigenvalue weighted by Gasteiger charge is 2.46. The van der Waals surface area contributed by atoms with Gasteiger partial charge in [-0.2, -0.15) is 0 Å². The van der Waals surface area contributed by atoms with E-state index in [4.69, 9.17) is 4.74 Å². The molecule has 2 aromatic carbocycles. The summed E-state index contributed by atoms with van der Waals surface area (Å²) < 4.78 is 5.26. The normalized spacial score (nSPS) is 24.3. The lowest BCUT2D eigenvalue weighted by Gasteiger charge is -2.40. The molecule has 26 heavy (non-hydrogen) atoms. The largest absolute Gasteiger partial charge is 0.465 e. The number of benzene rings is 2. The number of carbonyl (C=O) groups excluding carboxylic acids is 2. The molecule has 0 spiro atoms. The van der Waals surface area contributed by atoms with Crippen LogP contribution < -0.4 is 0 Å². The van der Waals surface area contributed by atoms with Crippen LogP contribution in [0.25, 0.3) is 5.57 Å². The molecule has 3 heteroatoms. The van der Waals surface area contributed by atoms with E-state index in [0.29, 0.717) is 0 Å². The molecular formula is C23H22O3. The molecule has 0 aliphatic heterocycles. The SMILES string of the molecule is CCOC(=O)C1C(=O)C=C2c3ccccc3CCC2C1c1ccccc1. The summed E-state index contributed by atoms with van der Waals surface area (Å²) >= 11 is 0. The van der Waals surface area contributed by atoms with Gasteiger partial charge in [0.25, 0.3) is 0 Å². The predicted octanol–water partition coefficient (Wildman–Crippen LogP) is 4.18. The van der Waals surface area contributed by atoms with Gasteiger partial charge in [0, 0.05) is 5.92 Å². The Morgan fingerprint density at radius 2 is 1.81 bits per heavy atom. The number of carbonyl (C=O) groups is 2. The van der Waals surface area contributed by atoms with Gasteiger partial charge >= 0.3 is 5.97 Å². The summed E-state index contributed by atoms with van der Waals surface area (Å²) in [4.78, 5) is 25.6. The van der Waals surface area contributed by atoms with E-state index < -0.39 is 11.9 Å². The molecule has 0 heterocycles. The molecule has 2 aliphatic carbocycles. The van der Waals surface area contributed by atoms with Gasteiger partial charge in [0.05, 0.1) is 6.61 Å². The Morgan fingerprint density at radius 3 is 2.58 bits per heavy atom. The Kier molecular flexibility index (Phi) is 4.46. The van der Waals surface area contributed by atoms with E-state index >= 15 is 0 Å². The first-order valence-corrected chi connectivity index (χ1v) is 9.26. The van der Waals surface area contributed by atoms with Crippen LogP contribution in [0.1, 0.15) is 36.0 Å². The number of ether oxygens (including phenoxy) is 1. The zero-order chi connectivity index (χ0) is 18.1. The fourth-order valence-electron chi connectivity index (χ4n) is 4.49. The fourth-order valence-corrected chi connectivity index (χ4v) is 4.49. The smallest absolute Gasteiger partial charge is 0.317 e. The molecule has 0 saturated heterocycles. The van der Waals surface area contributed by atoms with Crippen LogP contribution in [0.15, 0.2) is 60.7 Å². The molecule has 2 aliphatic rings. The second-order valence-corrected chi connectivity index (χ2v) is 6.97. The standard InChI is InChI=1S/C23H22O3/c1-2-26-23(25)22-20(24)14-19-17-11-7-6-8-15(17)12-13-18(19)21(22)16-9-4-3-5-10-16/h3-11,14,18,21-22H,2,12-13H2,1H3. The molecule has 3 atom stereocenters. The average Bonchev–Trinajstić information content (AvgIpc) is 2.67. The molecule has 0 fully saturated rings. The van der Waals surface area contributed by atoms with Crippen molar-refractivity contribution < 1.29 is 14.3 Å². The second-order valence-electron chi connectivity index (χ2n) is 6.97. The quantitative estimate of drug-likeness (QED) is 0.619. The Morgan fingerprint density at radius 1 is 1.08 bits per heavy atom. The van der Waals surface area contributed by atoms with Crippen LogP contribution in [0, 0.1) is 11.8 Å². The summed E-state index contributed by atoms with van der Waals surface area (Å²) in [6.45, 7) is 2.06. The molecule has 0 radical (unpaired) electrons. The molecule has 3 unspecified atom stereocenters. The minimum atomic E-state index is -0.753. The van der Waals surface area contributed by atoms with E-state index in [2.05, 4.69) is 12.1 Å². The number of allylic oxidation sites excluding steroid dienone is 2. The molecule has 3 nitrogen and oxygen atoms in total. The third kappa shape index (κ3) is 2.78. The molecule has 2 aromatic rings. The van der Waals surface area contributed by atoms with Gasteiger partial charge in [0.15, 0.2) is 5.78 Å². The van der Waals surface area contributed by atoms with E-state index in [9.17, 15) is 9.59 Å². The van der Waals surface area contributed by atoms with Crippen molar-refractivity contribution in [1.82, 2.24) is 0 Å². The van der Waals surface area contributed by atoms with Crippen LogP contribution in [-0.2, 0) is 20.7 Å². The van der Waals surface area contributed by atoms with Gasteiger partial charge in [-0.15, -0.1) is 0 Å². The molecule has 0 amide bonds. The highest BCUT2D eigenvalue weighted by atomic mass is 16.5. The monoisotopic (exact) mass is 346 g/mol. The minimum Gasteiger partial charge on any atom is -0.465 e. The third-order valence-electron chi connectivity index (χ3n) is 5.57. The first-order valence-electron chi connectivity index (χ1n) is 9.26. The van der Waals surface area contributed by atoms with Crippen LogP contribution in [0.2, 0.25) is 0 Å². The average molecular weight is 346 g/mol. The first kappa shape index (κ1) is 16.8. The van der Waals surface area contributed by atoms with E-state index in [0.717, 1.165) is 29.5 Å². The summed E-state index contributed by atoms with van der Waals surface area (Å²) in [5, 5.41) is 0. The van der Waals surface area contributed by atoms with Crippen molar-refractivity contribution in [3.05, 3.63) is 77.4 Å². The van der Waals surface area contributed by atoms with Crippen LogP contribution >= 0.6 is 0 Å². The summed E-state index contributed by atoms with van der Waals surface area (Å²) in [6, 6.07) is 18.2. The number of hydrogen-bond donors (Lipinski definition) is 0. The number of rotatable bonds is 3. The Hall–Kier alpha value is -2.68. The summed E-state index contributed by atoms with van der Waals surface area (Å²) in [7, 11) is 0. The van der Waals surface area contributed by atoms with E-state index in [1.54, 1.807) is 13.0 Å².